The third kappa shape index (κ3) is 3.03. The number of hydrogen-bond donors (Lipinski definition) is 1. The fourth-order valence-electron chi connectivity index (χ4n) is 1.68. The largest absolute Gasteiger partial charge is 0.416 e. The number of rotatable bonds is 3. The summed E-state index contributed by atoms with van der Waals surface area (Å²) in [6.45, 7) is -0.0942. The zero-order valence-corrected chi connectivity index (χ0v) is 10.1. The van der Waals surface area contributed by atoms with E-state index in [1.165, 1.54) is 30.5 Å². The number of nitriles is 1. The minimum absolute atomic E-state index is 0.0783. The highest BCUT2D eigenvalue weighted by atomic mass is 19.4. The van der Waals surface area contributed by atoms with E-state index in [4.69, 9.17) is 5.26 Å². The number of alkyl halides is 3. The van der Waals surface area contributed by atoms with Gasteiger partial charge in [-0.15, -0.1) is 5.10 Å². The summed E-state index contributed by atoms with van der Waals surface area (Å²) in [5, 5.41) is 18.8. The molecule has 0 radical (unpaired) electrons. The molecule has 0 aliphatic carbocycles. The van der Waals surface area contributed by atoms with E-state index in [2.05, 4.69) is 15.5 Å². The van der Waals surface area contributed by atoms with Gasteiger partial charge in [0.05, 0.1) is 17.3 Å². The van der Waals surface area contributed by atoms with E-state index in [0.717, 1.165) is 6.07 Å². The highest BCUT2D eigenvalue weighted by Gasteiger charge is 2.32. The van der Waals surface area contributed by atoms with Crippen molar-refractivity contribution in [2.24, 2.45) is 0 Å². The second-order valence-electron chi connectivity index (χ2n) is 3.91. The first-order valence-corrected chi connectivity index (χ1v) is 5.63. The topological polar surface area (TPSA) is 61.6 Å². The Bertz CT molecular complexity index is 647. The number of aromatic nitrogens is 2. The van der Waals surface area contributed by atoms with Crippen LogP contribution < -0.4 is 5.32 Å². The monoisotopic (exact) mass is 278 g/mol. The molecule has 0 unspecified atom stereocenters. The van der Waals surface area contributed by atoms with Crippen molar-refractivity contribution in [3.05, 3.63) is 53.2 Å². The molecule has 1 aromatic heterocycles. The molecule has 0 aliphatic rings. The van der Waals surface area contributed by atoms with Gasteiger partial charge in [-0.2, -0.15) is 23.5 Å². The Hall–Kier alpha value is -2.62. The fraction of sp³-hybridized carbons (Fsp3) is 0.154. The summed E-state index contributed by atoms with van der Waals surface area (Å²) in [7, 11) is 0. The van der Waals surface area contributed by atoms with Crippen LogP contribution in [-0.4, -0.2) is 10.2 Å². The first kappa shape index (κ1) is 13.8. The smallest absolute Gasteiger partial charge is 0.363 e. The molecule has 2 aromatic rings. The van der Waals surface area contributed by atoms with Gasteiger partial charge in [-0.3, -0.25) is 0 Å². The molecule has 0 atom stereocenters. The van der Waals surface area contributed by atoms with E-state index < -0.39 is 11.7 Å². The first-order chi connectivity index (χ1) is 9.52. The van der Waals surface area contributed by atoms with Crippen LogP contribution in [0.3, 0.4) is 0 Å². The molecule has 1 heterocycles. The SMILES string of the molecule is N#Cc1ccnnc1NCc1ccccc1C(F)(F)F. The zero-order chi connectivity index (χ0) is 14.6. The van der Waals surface area contributed by atoms with E-state index in [9.17, 15) is 13.2 Å². The third-order valence-electron chi connectivity index (χ3n) is 2.61. The lowest BCUT2D eigenvalue weighted by Gasteiger charge is -2.13. The molecule has 0 fully saturated rings. The van der Waals surface area contributed by atoms with Crippen LogP contribution in [0, 0.1) is 11.3 Å². The Morgan fingerprint density at radius 3 is 2.65 bits per heavy atom. The third-order valence-corrected chi connectivity index (χ3v) is 2.61. The summed E-state index contributed by atoms with van der Waals surface area (Å²) in [5.74, 6) is 0.159. The Kier molecular flexibility index (Phi) is 3.84. The molecule has 7 heteroatoms. The molecule has 1 aromatic carbocycles. The molecule has 20 heavy (non-hydrogen) atoms. The van der Waals surface area contributed by atoms with Crippen molar-refractivity contribution < 1.29 is 13.2 Å². The van der Waals surface area contributed by atoms with Crippen molar-refractivity contribution in [2.45, 2.75) is 12.7 Å². The van der Waals surface area contributed by atoms with Crippen molar-refractivity contribution in [2.75, 3.05) is 5.32 Å². The van der Waals surface area contributed by atoms with E-state index in [1.807, 2.05) is 6.07 Å². The number of halogens is 3. The molecular formula is C13H9F3N4. The van der Waals surface area contributed by atoms with Crippen LogP contribution in [0.2, 0.25) is 0 Å². The van der Waals surface area contributed by atoms with E-state index >= 15 is 0 Å². The molecule has 0 bridgehead atoms. The van der Waals surface area contributed by atoms with Crippen LogP contribution in [-0.2, 0) is 12.7 Å². The van der Waals surface area contributed by atoms with Gasteiger partial charge in [-0.25, -0.2) is 0 Å². The van der Waals surface area contributed by atoms with Gasteiger partial charge < -0.3 is 5.32 Å². The molecule has 102 valence electrons. The van der Waals surface area contributed by atoms with Crippen molar-refractivity contribution in [1.82, 2.24) is 10.2 Å². The van der Waals surface area contributed by atoms with Gasteiger partial charge >= 0.3 is 6.18 Å². The average molecular weight is 278 g/mol. The summed E-state index contributed by atoms with van der Waals surface area (Å²) in [4.78, 5) is 0. The van der Waals surface area contributed by atoms with Gasteiger partial charge in [0.15, 0.2) is 5.82 Å². The Labute approximate surface area is 112 Å². The Morgan fingerprint density at radius 1 is 1.20 bits per heavy atom. The second kappa shape index (κ2) is 5.57. The summed E-state index contributed by atoms with van der Waals surface area (Å²) in [5.41, 5.74) is -0.408. The maximum atomic E-state index is 12.8. The van der Waals surface area contributed by atoms with Crippen molar-refractivity contribution in [1.29, 1.82) is 5.26 Å². The lowest BCUT2D eigenvalue weighted by atomic mass is 10.1. The highest BCUT2D eigenvalue weighted by Crippen LogP contribution is 2.32. The maximum absolute atomic E-state index is 12.8. The minimum Gasteiger partial charge on any atom is -0.363 e. The summed E-state index contributed by atoms with van der Waals surface area (Å²) in [6.07, 6.45) is -3.08. The van der Waals surface area contributed by atoms with Gasteiger partial charge in [0.1, 0.15) is 6.07 Å². The predicted molar refractivity (Wildman–Crippen MR) is 65.5 cm³/mol. The highest BCUT2D eigenvalue weighted by molar-refractivity contribution is 5.50. The van der Waals surface area contributed by atoms with Crippen molar-refractivity contribution >= 4 is 5.82 Å². The second-order valence-corrected chi connectivity index (χ2v) is 3.91. The van der Waals surface area contributed by atoms with Gasteiger partial charge in [-0.05, 0) is 17.7 Å². The molecule has 0 spiro atoms. The quantitative estimate of drug-likeness (QED) is 0.937. The maximum Gasteiger partial charge on any atom is 0.416 e. The number of nitrogens with one attached hydrogen (secondary N) is 1. The standard InChI is InChI=1S/C13H9F3N4/c14-13(15,16)11-4-2-1-3-10(11)8-18-12-9(7-17)5-6-19-20-12/h1-6H,8H2,(H,18,20). The normalized spacial score (nSPS) is 10.9. The Balaban J connectivity index is 2.22. The summed E-state index contributed by atoms with van der Waals surface area (Å²) < 4.78 is 38.4. The summed E-state index contributed by atoms with van der Waals surface area (Å²) >= 11 is 0. The van der Waals surface area contributed by atoms with Crippen LogP contribution in [0.25, 0.3) is 0 Å². The molecule has 4 nitrogen and oxygen atoms in total. The number of anilines is 1. The van der Waals surface area contributed by atoms with E-state index in [1.54, 1.807) is 0 Å². The van der Waals surface area contributed by atoms with Crippen molar-refractivity contribution in [3.8, 4) is 6.07 Å². The fourth-order valence-corrected chi connectivity index (χ4v) is 1.68. The van der Waals surface area contributed by atoms with Crippen molar-refractivity contribution in [3.63, 3.8) is 0 Å². The number of nitrogens with zero attached hydrogens (tertiary/aromatic N) is 3. The lowest BCUT2D eigenvalue weighted by molar-refractivity contribution is -0.138. The van der Waals surface area contributed by atoms with E-state index in [-0.39, 0.29) is 23.5 Å². The summed E-state index contributed by atoms with van der Waals surface area (Å²) in [6, 6.07) is 8.56. The van der Waals surface area contributed by atoms with Gasteiger partial charge in [0.25, 0.3) is 0 Å². The predicted octanol–water partition coefficient (Wildman–Crippen LogP) is 2.98. The molecule has 0 amide bonds. The Morgan fingerprint density at radius 2 is 1.95 bits per heavy atom. The molecular weight excluding hydrogens is 269 g/mol. The average Bonchev–Trinajstić information content (AvgIpc) is 2.44. The van der Waals surface area contributed by atoms with Gasteiger partial charge in [-0.1, -0.05) is 18.2 Å². The van der Waals surface area contributed by atoms with E-state index in [0.29, 0.717) is 0 Å². The van der Waals surface area contributed by atoms with Crippen LogP contribution in [0.15, 0.2) is 36.5 Å². The minimum atomic E-state index is -4.42. The molecule has 0 aliphatic heterocycles. The van der Waals surface area contributed by atoms with Gasteiger partial charge in [0, 0.05) is 6.54 Å². The molecule has 0 saturated heterocycles. The molecule has 1 N–H and O–H groups in total. The molecule has 2 rings (SSSR count). The van der Waals surface area contributed by atoms with Crippen LogP contribution in [0.4, 0.5) is 19.0 Å². The number of benzene rings is 1. The van der Waals surface area contributed by atoms with Crippen LogP contribution >= 0.6 is 0 Å². The van der Waals surface area contributed by atoms with Gasteiger partial charge in [0.2, 0.25) is 0 Å². The van der Waals surface area contributed by atoms with Crippen LogP contribution in [0.1, 0.15) is 16.7 Å². The zero-order valence-electron chi connectivity index (χ0n) is 10.1. The van der Waals surface area contributed by atoms with Crippen LogP contribution in [0.5, 0.6) is 0 Å². The molecule has 0 saturated carbocycles. The lowest BCUT2D eigenvalue weighted by Crippen LogP contribution is -2.12. The number of hydrogen-bond acceptors (Lipinski definition) is 4. The first-order valence-electron chi connectivity index (χ1n) is 5.63.